The monoisotopic (exact) mass is 555 g/mol. The summed E-state index contributed by atoms with van der Waals surface area (Å²) in [5.41, 5.74) is 4.34. The van der Waals surface area contributed by atoms with Crippen LogP contribution in [0.4, 0.5) is 0 Å². The molecule has 0 aromatic heterocycles. The van der Waals surface area contributed by atoms with Crippen molar-refractivity contribution in [3.63, 3.8) is 0 Å². The van der Waals surface area contributed by atoms with E-state index < -0.39 is 24.1 Å². The molecule has 40 heavy (non-hydrogen) atoms. The summed E-state index contributed by atoms with van der Waals surface area (Å²) in [6, 6.07) is 13.2. The van der Waals surface area contributed by atoms with Gasteiger partial charge in [0, 0.05) is 23.0 Å². The molecule has 6 unspecified atom stereocenters. The van der Waals surface area contributed by atoms with E-state index in [9.17, 15) is 24.6 Å². The molecule has 8 nitrogen and oxygen atoms in total. The number of carboxylic acid groups (broad SMARTS) is 1. The van der Waals surface area contributed by atoms with E-state index in [0.29, 0.717) is 17.7 Å². The summed E-state index contributed by atoms with van der Waals surface area (Å²) in [4.78, 5) is 38.6. The zero-order valence-corrected chi connectivity index (χ0v) is 25.7. The average molecular weight is 556 g/mol. The molecule has 206 valence electrons. The summed E-state index contributed by atoms with van der Waals surface area (Å²) in [5, 5.41) is 22.5. The minimum atomic E-state index is -1.39. The van der Waals surface area contributed by atoms with E-state index >= 15 is 0 Å². The van der Waals surface area contributed by atoms with Gasteiger partial charge in [-0.15, -0.1) is 0 Å². The predicted octanol–water partition coefficient (Wildman–Crippen LogP) is 0.165. The fourth-order valence-corrected chi connectivity index (χ4v) is 6.99. The van der Waals surface area contributed by atoms with Gasteiger partial charge in [0.2, 0.25) is 5.91 Å². The Morgan fingerprint density at radius 2 is 1.80 bits per heavy atom. The summed E-state index contributed by atoms with van der Waals surface area (Å²) in [5.74, 6) is -2.44. The second kappa shape index (κ2) is 12.1. The molecule has 4 aliphatic rings. The Morgan fingerprint density at radius 1 is 1.10 bits per heavy atom. The molecule has 6 rings (SSSR count). The number of hydrogen-bond donors (Lipinski definition) is 1. The molecule has 6 atom stereocenters. The maximum Gasteiger partial charge on any atom is 1.00 e. The normalized spacial score (nSPS) is 26.1. The van der Waals surface area contributed by atoms with Gasteiger partial charge in [0.15, 0.2) is 0 Å². The molecule has 1 saturated heterocycles. The molecule has 2 aromatic carbocycles. The van der Waals surface area contributed by atoms with Gasteiger partial charge in [0.05, 0.1) is 43.3 Å². The van der Waals surface area contributed by atoms with E-state index in [-0.39, 0.29) is 71.4 Å². The first kappa shape index (κ1) is 30.3. The zero-order chi connectivity index (χ0) is 28.0. The summed E-state index contributed by atoms with van der Waals surface area (Å²) < 4.78 is 11.6. The van der Waals surface area contributed by atoms with Gasteiger partial charge in [-0.3, -0.25) is 9.59 Å². The molecule has 2 heterocycles. The number of β-lactam (4-membered cyclic amide) rings is 1. The molecule has 0 radical (unpaired) electrons. The number of hydrogen-bond acceptors (Lipinski definition) is 7. The molecule has 9 heteroatoms. The van der Waals surface area contributed by atoms with E-state index in [4.69, 9.17) is 9.47 Å². The van der Waals surface area contributed by atoms with Crippen LogP contribution < -0.4 is 39.4 Å². The number of methoxy groups -OCH3 is 1. The summed E-state index contributed by atoms with van der Waals surface area (Å²) in [7, 11) is 1.38. The molecule has 1 saturated carbocycles. The van der Waals surface area contributed by atoms with Gasteiger partial charge < -0.3 is 29.4 Å². The van der Waals surface area contributed by atoms with Crippen molar-refractivity contribution in [1.82, 2.24) is 4.90 Å². The minimum absolute atomic E-state index is 0. The third-order valence-electron chi connectivity index (χ3n) is 8.46. The molecule has 0 bridgehead atoms. The molecule has 1 amide bonds. The third-order valence-corrected chi connectivity index (χ3v) is 8.46. The fraction of sp³-hybridized carbons (Fsp3) is 0.452. The van der Waals surface area contributed by atoms with Crippen LogP contribution in [0.2, 0.25) is 0 Å². The van der Waals surface area contributed by atoms with Crippen LogP contribution in [0.3, 0.4) is 0 Å². The van der Waals surface area contributed by atoms with Crippen molar-refractivity contribution >= 4 is 17.8 Å². The number of benzene rings is 2. The number of nitrogens with zero attached hydrogens (tertiary/aromatic N) is 1. The number of ether oxygens (including phenoxy) is 2. The van der Waals surface area contributed by atoms with Crippen LogP contribution in [0, 0.1) is 11.8 Å². The van der Waals surface area contributed by atoms with Gasteiger partial charge in [0.1, 0.15) is 11.9 Å². The SMILES string of the molecule is CC.COC(=O)CC1c2ccccc2-c2c(OC3CCCC4C3=C(C(=O)[O-])N3C(=O)C(C(C)O)C43)cccc21.[Na+]. The third kappa shape index (κ3) is 4.69. The molecule has 2 aromatic rings. The van der Waals surface area contributed by atoms with E-state index in [1.807, 2.05) is 56.3 Å². The van der Waals surface area contributed by atoms with Gasteiger partial charge in [-0.2, -0.15) is 0 Å². The first-order valence-corrected chi connectivity index (χ1v) is 13.8. The molecule has 2 fully saturated rings. The maximum atomic E-state index is 12.8. The Kier molecular flexibility index (Phi) is 9.15. The Bertz CT molecular complexity index is 1350. The van der Waals surface area contributed by atoms with E-state index in [2.05, 4.69) is 0 Å². The van der Waals surface area contributed by atoms with Crippen LogP contribution in [0.5, 0.6) is 5.75 Å². The number of rotatable bonds is 6. The topological polar surface area (TPSA) is 116 Å². The Hall–Kier alpha value is -2.65. The van der Waals surface area contributed by atoms with Crippen molar-refractivity contribution in [3.8, 4) is 16.9 Å². The number of aliphatic hydroxyl groups excluding tert-OH is 1. The van der Waals surface area contributed by atoms with Crippen LogP contribution in [-0.4, -0.2) is 53.2 Å². The van der Waals surface area contributed by atoms with Crippen molar-refractivity contribution in [3.05, 3.63) is 64.9 Å². The second-order valence-electron chi connectivity index (χ2n) is 10.3. The summed E-state index contributed by atoms with van der Waals surface area (Å²) in [6.07, 6.45) is 0.931. The number of carbonyl (C=O) groups excluding carboxylic acids is 3. The fourth-order valence-electron chi connectivity index (χ4n) is 6.99. The summed E-state index contributed by atoms with van der Waals surface area (Å²) >= 11 is 0. The summed E-state index contributed by atoms with van der Waals surface area (Å²) in [6.45, 7) is 5.57. The van der Waals surface area contributed by atoms with Crippen LogP contribution in [-0.2, 0) is 19.1 Å². The van der Waals surface area contributed by atoms with Gasteiger partial charge in [0.25, 0.3) is 0 Å². The van der Waals surface area contributed by atoms with E-state index in [1.165, 1.54) is 12.0 Å². The van der Waals surface area contributed by atoms with Crippen LogP contribution in [0.1, 0.15) is 63.5 Å². The largest absolute Gasteiger partial charge is 1.00 e. The van der Waals surface area contributed by atoms with Gasteiger partial charge in [-0.05, 0) is 48.9 Å². The molecule has 1 N–H and O–H groups in total. The smallest absolute Gasteiger partial charge is 0.543 e. The van der Waals surface area contributed by atoms with Crippen molar-refractivity contribution in [1.29, 1.82) is 0 Å². The number of aliphatic carboxylic acids is 1. The average Bonchev–Trinajstić information content (AvgIpc) is 3.41. The van der Waals surface area contributed by atoms with Crippen LogP contribution in [0.25, 0.3) is 11.1 Å². The molecular weight excluding hydrogens is 521 g/mol. The molecule has 0 spiro atoms. The number of amides is 1. The van der Waals surface area contributed by atoms with Crippen molar-refractivity contribution < 1.29 is 63.6 Å². The predicted molar refractivity (Wildman–Crippen MR) is 141 cm³/mol. The number of carbonyl (C=O) groups is 3. The van der Waals surface area contributed by atoms with Crippen LogP contribution in [0.15, 0.2) is 53.7 Å². The molecular formula is C31H34NNaO7. The maximum absolute atomic E-state index is 12.8. The van der Waals surface area contributed by atoms with Crippen LogP contribution >= 0.6 is 0 Å². The Morgan fingerprint density at radius 3 is 2.48 bits per heavy atom. The second-order valence-corrected chi connectivity index (χ2v) is 10.3. The first-order valence-electron chi connectivity index (χ1n) is 13.8. The number of esters is 1. The van der Waals surface area contributed by atoms with Gasteiger partial charge in [-0.1, -0.05) is 50.2 Å². The molecule has 2 aliphatic carbocycles. The number of fused-ring (bicyclic) bond motifs is 6. The van der Waals surface area contributed by atoms with Gasteiger partial charge >= 0.3 is 35.5 Å². The van der Waals surface area contributed by atoms with Crippen molar-refractivity contribution in [2.24, 2.45) is 11.8 Å². The van der Waals surface area contributed by atoms with Gasteiger partial charge in [-0.25, -0.2) is 0 Å². The van der Waals surface area contributed by atoms with Crippen molar-refractivity contribution in [2.45, 2.75) is 70.6 Å². The van der Waals surface area contributed by atoms with E-state index in [0.717, 1.165) is 35.1 Å². The number of aliphatic hydroxyl groups is 1. The quantitative estimate of drug-likeness (QED) is 0.307. The number of carboxylic acids is 1. The Labute approximate surface area is 256 Å². The van der Waals surface area contributed by atoms with E-state index in [1.54, 1.807) is 6.92 Å². The molecule has 2 aliphatic heterocycles. The zero-order valence-electron chi connectivity index (χ0n) is 23.7. The minimum Gasteiger partial charge on any atom is -0.543 e. The Balaban J connectivity index is 0.00000121. The first-order chi connectivity index (χ1) is 18.8. The standard InChI is InChI=1S/C29H29NO7.C2H6.Na/c1-14(31)23-26-18-10-6-12-21(25(18)27(29(34)35)30(26)28(23)33)37-20-11-5-9-17-19(13-22(32)36-2)15-7-3-4-8-16(15)24(17)20;1-2;/h3-5,7-9,11,14,18-19,21,23,26,31H,6,10,12-13H2,1-2H3,(H,34,35);1-2H3;/q;;+1/p-1. The van der Waals surface area contributed by atoms with Crippen molar-refractivity contribution in [2.75, 3.05) is 7.11 Å².